The Bertz CT molecular complexity index is 3260. The Morgan fingerprint density at radius 3 is 2.20 bits per heavy atom. The first-order valence-electron chi connectivity index (χ1n) is 23.3. The minimum absolute atomic E-state index is 0.0601. The van der Waals surface area contributed by atoms with Gasteiger partial charge in [0.25, 0.3) is 0 Å². The number of H-pyrrole nitrogens is 1. The molecule has 0 bridgehead atoms. The van der Waals surface area contributed by atoms with Crippen LogP contribution in [0.2, 0.25) is 0 Å². The van der Waals surface area contributed by atoms with Gasteiger partial charge in [-0.15, -0.1) is 10.2 Å². The summed E-state index contributed by atoms with van der Waals surface area (Å²) in [7, 11) is -2.33. The molecule has 0 saturated carbocycles. The Balaban J connectivity index is 0.000000247. The zero-order chi connectivity index (χ0) is 54.1. The van der Waals surface area contributed by atoms with Gasteiger partial charge in [0.1, 0.15) is 22.9 Å². The second-order valence-electron chi connectivity index (χ2n) is 18.1. The summed E-state index contributed by atoms with van der Waals surface area (Å²) in [5.74, 6) is -1.95. The van der Waals surface area contributed by atoms with Gasteiger partial charge in [-0.3, -0.25) is 4.79 Å². The number of tetrazole rings is 1. The van der Waals surface area contributed by atoms with Crippen molar-refractivity contribution >= 4 is 34.0 Å². The number of sulfonamides is 1. The molecule has 3 aromatic carbocycles. The SMILES string of the molecule is CC(C)c1nc(N(C)S(C)(=O)=O)nc(-c2ccc(F)cc2)c1/C=C/[C@@H](O)C[C@@H](O)CC(=O)O.CCCc1nc(C(C)(C)O)c(C(=O)OCc2oc(=O)oc2C)n1Cc1ccc(-c2ccccc2-c2nn[nH]n2)cc1. The van der Waals surface area contributed by atoms with Crippen LogP contribution in [0, 0.1) is 12.7 Å². The molecule has 7 aromatic rings. The fourth-order valence-corrected chi connectivity index (χ4v) is 8.02. The highest BCUT2D eigenvalue weighted by Gasteiger charge is 2.33. The molecule has 21 nitrogen and oxygen atoms in total. The standard InChI is InChI=1S/C29H30N6O6.C22H28FN3O6S/c1-5-8-23-30-25(29(3,4)38)24(27(36)39-16-22-17(2)40-28(37)41-22)35(23)15-18-11-13-19(14-12-18)20-9-6-7-10-21(20)26-31-33-34-32-26;1-13(2)20-18(10-9-16(27)11-17(28)12-19(29)30)21(14-5-7-15(23)8-6-14)25-22(24-20)26(3)33(4,31)32/h6-7,9-14,38H,5,8,15-16H2,1-4H3,(H,31,32,33,34);5-10,13,16-17,27-28H,11-12H2,1-4H3,(H,29,30)/b;10-9+/t;16-,17-/m.1/s1. The quantitative estimate of drug-likeness (QED) is 0.0504. The number of aromatic nitrogens is 8. The average molecular weight is 1040 g/mol. The summed E-state index contributed by atoms with van der Waals surface area (Å²) in [5, 5.41) is 54.1. The van der Waals surface area contributed by atoms with E-state index < -0.39 is 57.8 Å². The number of hydrogen-bond acceptors (Lipinski definition) is 17. The van der Waals surface area contributed by atoms with Crippen LogP contribution in [0.3, 0.4) is 0 Å². The molecule has 5 N–H and O–H groups in total. The molecule has 0 amide bonds. The molecule has 0 spiro atoms. The Labute approximate surface area is 425 Å². The van der Waals surface area contributed by atoms with Crippen LogP contribution in [-0.2, 0) is 44.7 Å². The van der Waals surface area contributed by atoms with Crippen molar-refractivity contribution in [1.82, 2.24) is 40.1 Å². The number of anilines is 1. The molecule has 0 saturated heterocycles. The monoisotopic (exact) mass is 1040 g/mol. The van der Waals surface area contributed by atoms with Gasteiger partial charge >= 0.3 is 17.8 Å². The highest BCUT2D eigenvalue weighted by molar-refractivity contribution is 7.92. The van der Waals surface area contributed by atoms with E-state index in [1.807, 2.05) is 69.3 Å². The van der Waals surface area contributed by atoms with Crippen molar-refractivity contribution in [3.05, 3.63) is 141 Å². The number of rotatable bonds is 20. The molecule has 0 radical (unpaired) electrons. The van der Waals surface area contributed by atoms with E-state index in [1.54, 1.807) is 25.3 Å². The number of imidazole rings is 1. The van der Waals surface area contributed by atoms with Crippen LogP contribution in [0.5, 0.6) is 0 Å². The van der Waals surface area contributed by atoms with Gasteiger partial charge in [0.15, 0.2) is 23.8 Å². The molecule has 23 heteroatoms. The molecule has 7 rings (SSSR count). The van der Waals surface area contributed by atoms with E-state index in [1.165, 1.54) is 43.5 Å². The van der Waals surface area contributed by atoms with Crippen molar-refractivity contribution in [1.29, 1.82) is 0 Å². The Kier molecular flexibility index (Phi) is 17.9. The van der Waals surface area contributed by atoms with Gasteiger partial charge in [0.05, 0.1) is 36.3 Å². The summed E-state index contributed by atoms with van der Waals surface area (Å²) in [5.41, 5.74) is 4.40. The van der Waals surface area contributed by atoms with E-state index in [2.05, 4.69) is 35.6 Å². The Hall–Kier alpha value is -7.73. The summed E-state index contributed by atoms with van der Waals surface area (Å²) >= 11 is 0. The topological polar surface area (TPSA) is 303 Å². The Morgan fingerprint density at radius 1 is 0.973 bits per heavy atom. The van der Waals surface area contributed by atoms with Crippen LogP contribution in [0.15, 0.2) is 92.5 Å². The predicted octanol–water partition coefficient (Wildman–Crippen LogP) is 6.57. The second kappa shape index (κ2) is 23.9. The zero-order valence-electron chi connectivity index (χ0n) is 42.0. The number of carboxylic acid groups (broad SMARTS) is 1. The van der Waals surface area contributed by atoms with Crippen LogP contribution in [0.4, 0.5) is 10.3 Å². The van der Waals surface area contributed by atoms with Crippen LogP contribution in [0.25, 0.3) is 39.8 Å². The van der Waals surface area contributed by atoms with E-state index in [-0.39, 0.29) is 47.8 Å². The van der Waals surface area contributed by atoms with Gasteiger partial charge in [0, 0.05) is 43.1 Å². The number of ether oxygens (including phenoxy) is 1. The van der Waals surface area contributed by atoms with Crippen molar-refractivity contribution in [3.8, 4) is 33.8 Å². The number of nitrogens with one attached hydrogen (secondary N) is 1. The second-order valence-corrected chi connectivity index (χ2v) is 20.1. The van der Waals surface area contributed by atoms with E-state index in [0.717, 1.165) is 39.2 Å². The molecule has 4 heterocycles. The summed E-state index contributed by atoms with van der Waals surface area (Å²) in [6.07, 6.45) is 2.22. The largest absolute Gasteiger partial charge is 0.519 e. The lowest BCUT2D eigenvalue weighted by Crippen LogP contribution is -2.27. The fraction of sp³-hybridized carbons (Fsp3) is 0.353. The van der Waals surface area contributed by atoms with Gasteiger partial charge < -0.3 is 38.6 Å². The van der Waals surface area contributed by atoms with Crippen LogP contribution < -0.4 is 10.1 Å². The third-order valence-electron chi connectivity index (χ3n) is 11.4. The summed E-state index contributed by atoms with van der Waals surface area (Å²) in [6, 6.07) is 21.2. The van der Waals surface area contributed by atoms with Crippen LogP contribution in [-0.4, -0.2) is 106 Å². The van der Waals surface area contributed by atoms with Gasteiger partial charge in [-0.2, -0.15) is 5.21 Å². The predicted molar refractivity (Wildman–Crippen MR) is 269 cm³/mol. The minimum Gasteiger partial charge on any atom is -0.481 e. The molecule has 4 aromatic heterocycles. The number of carbonyl (C=O) groups excluding carboxylic acids is 1. The lowest BCUT2D eigenvalue weighted by atomic mass is 9.97. The first-order valence-corrected chi connectivity index (χ1v) is 25.2. The number of benzene rings is 3. The molecule has 74 heavy (non-hydrogen) atoms. The number of carboxylic acids is 1. The molecule has 392 valence electrons. The highest BCUT2D eigenvalue weighted by atomic mass is 32.2. The lowest BCUT2D eigenvalue weighted by Gasteiger charge is -2.20. The van der Waals surface area contributed by atoms with E-state index in [0.29, 0.717) is 47.1 Å². The number of carbonyl (C=O) groups is 2. The third-order valence-corrected chi connectivity index (χ3v) is 12.6. The van der Waals surface area contributed by atoms with Crippen LogP contribution in [0.1, 0.15) is 110 Å². The molecule has 0 fully saturated rings. The van der Waals surface area contributed by atoms with Gasteiger partial charge in [-0.05, 0) is 79.3 Å². The lowest BCUT2D eigenvalue weighted by molar-refractivity contribution is -0.139. The summed E-state index contributed by atoms with van der Waals surface area (Å²) < 4.78 is 55.7. The van der Waals surface area contributed by atoms with Gasteiger partial charge in [0.2, 0.25) is 21.8 Å². The number of hydrogen-bond donors (Lipinski definition) is 5. The van der Waals surface area contributed by atoms with Gasteiger partial charge in [-0.25, -0.2) is 41.7 Å². The number of aliphatic hydroxyl groups is 3. The maximum absolute atomic E-state index is 13.5. The minimum atomic E-state index is -3.65. The number of aliphatic hydroxyl groups excluding tert-OH is 2. The molecule has 0 aliphatic carbocycles. The van der Waals surface area contributed by atoms with E-state index >= 15 is 0 Å². The van der Waals surface area contributed by atoms with E-state index in [4.69, 9.17) is 18.7 Å². The summed E-state index contributed by atoms with van der Waals surface area (Å²) in [6.45, 7) is 10.4. The molecule has 0 aliphatic heterocycles. The first-order chi connectivity index (χ1) is 34.9. The first kappa shape index (κ1) is 55.6. The molecule has 0 unspecified atom stereocenters. The molecule has 0 aliphatic rings. The van der Waals surface area contributed by atoms with E-state index in [9.17, 15) is 42.5 Å². The highest BCUT2D eigenvalue weighted by Crippen LogP contribution is 2.33. The summed E-state index contributed by atoms with van der Waals surface area (Å²) in [4.78, 5) is 49.1. The number of esters is 1. The zero-order valence-corrected chi connectivity index (χ0v) is 42.8. The number of aliphatic carboxylic acids is 1. The Morgan fingerprint density at radius 2 is 1.64 bits per heavy atom. The normalized spacial score (nSPS) is 12.7. The van der Waals surface area contributed by atoms with Gasteiger partial charge in [-0.1, -0.05) is 81.5 Å². The molecular formula is C51H58FN9O12S. The third kappa shape index (κ3) is 14.1. The fourth-order valence-electron chi connectivity index (χ4n) is 7.65. The van der Waals surface area contributed by atoms with Crippen molar-refractivity contribution < 1.29 is 56.4 Å². The van der Waals surface area contributed by atoms with Crippen molar-refractivity contribution in [2.45, 2.75) is 104 Å². The average Bonchev–Trinajstić information content (AvgIpc) is 4.09. The van der Waals surface area contributed by atoms with Crippen molar-refractivity contribution in [2.24, 2.45) is 0 Å². The van der Waals surface area contributed by atoms with Crippen molar-refractivity contribution in [2.75, 3.05) is 17.6 Å². The van der Waals surface area contributed by atoms with Crippen LogP contribution >= 0.6 is 0 Å². The number of aromatic amines is 1. The number of aryl methyl sites for hydroxylation is 2. The number of halogens is 1. The smallest absolute Gasteiger partial charge is 0.481 e. The molecule has 2 atom stereocenters. The maximum Gasteiger partial charge on any atom is 0.519 e. The molecular weight excluding hydrogens is 982 g/mol. The number of nitrogens with zero attached hydrogens (tertiary/aromatic N) is 8. The maximum atomic E-state index is 13.5. The van der Waals surface area contributed by atoms with Crippen molar-refractivity contribution in [3.63, 3.8) is 0 Å².